The molecule has 0 aromatic heterocycles. The van der Waals surface area contributed by atoms with Crippen LogP contribution in [0.2, 0.25) is 0 Å². The van der Waals surface area contributed by atoms with Crippen molar-refractivity contribution in [3.05, 3.63) is 29.8 Å². The lowest BCUT2D eigenvalue weighted by Gasteiger charge is -2.24. The predicted molar refractivity (Wildman–Crippen MR) is 89.1 cm³/mol. The van der Waals surface area contributed by atoms with Crippen molar-refractivity contribution in [3.63, 3.8) is 0 Å². The van der Waals surface area contributed by atoms with E-state index in [0.29, 0.717) is 18.6 Å². The smallest absolute Gasteiger partial charge is 0.223 e. The normalized spacial score (nSPS) is 16.7. The summed E-state index contributed by atoms with van der Waals surface area (Å²) in [7, 11) is 1.58. The Hall–Kier alpha value is -2.55. The number of carbonyl (C=O) groups is 2. The molecule has 0 spiro atoms. The van der Waals surface area contributed by atoms with Crippen LogP contribution in [0.1, 0.15) is 50.6 Å². The van der Waals surface area contributed by atoms with Crippen LogP contribution in [0.25, 0.3) is 0 Å². The van der Waals surface area contributed by atoms with E-state index in [4.69, 9.17) is 4.74 Å². The third-order valence-electron chi connectivity index (χ3n) is 4.34. The third kappa shape index (κ3) is 4.48. The van der Waals surface area contributed by atoms with E-state index in [1.807, 2.05) is 12.1 Å². The molecule has 0 heterocycles. The van der Waals surface area contributed by atoms with Gasteiger partial charge in [0.05, 0.1) is 25.6 Å². The summed E-state index contributed by atoms with van der Waals surface area (Å²) in [5, 5.41) is 15.0. The first-order valence-corrected chi connectivity index (χ1v) is 8.11. The van der Waals surface area contributed by atoms with Crippen molar-refractivity contribution in [2.45, 2.75) is 50.6 Å². The summed E-state index contributed by atoms with van der Waals surface area (Å²) in [6, 6.07) is 9.02. The van der Waals surface area contributed by atoms with E-state index < -0.39 is 11.6 Å². The Morgan fingerprint density at radius 1 is 1.29 bits per heavy atom. The lowest BCUT2D eigenvalue weighted by Crippen LogP contribution is -2.46. The van der Waals surface area contributed by atoms with Gasteiger partial charge in [0, 0.05) is 6.92 Å². The number of carbonyl (C=O) groups excluding carboxylic acids is 2. The number of hydrogen-bond acceptors (Lipinski definition) is 4. The van der Waals surface area contributed by atoms with Gasteiger partial charge in [-0.2, -0.15) is 5.26 Å². The molecule has 2 N–H and O–H groups in total. The quantitative estimate of drug-likeness (QED) is 0.837. The van der Waals surface area contributed by atoms with Gasteiger partial charge in [0.15, 0.2) is 0 Å². The van der Waals surface area contributed by atoms with Crippen molar-refractivity contribution in [2.75, 3.05) is 7.11 Å². The van der Waals surface area contributed by atoms with Crippen LogP contribution in [0, 0.1) is 11.3 Å². The van der Waals surface area contributed by atoms with E-state index in [-0.39, 0.29) is 18.2 Å². The lowest BCUT2D eigenvalue weighted by atomic mass is 9.98. The average molecular weight is 329 g/mol. The van der Waals surface area contributed by atoms with Crippen LogP contribution in [0.3, 0.4) is 0 Å². The fourth-order valence-corrected chi connectivity index (χ4v) is 3.08. The van der Waals surface area contributed by atoms with E-state index in [9.17, 15) is 14.9 Å². The van der Waals surface area contributed by atoms with Crippen LogP contribution in [-0.2, 0) is 9.59 Å². The molecule has 1 aromatic rings. The molecular formula is C18H23N3O3. The molecule has 2 amide bonds. The Labute approximate surface area is 142 Å². The van der Waals surface area contributed by atoms with Crippen molar-refractivity contribution in [1.29, 1.82) is 5.26 Å². The van der Waals surface area contributed by atoms with Gasteiger partial charge in [0.2, 0.25) is 11.8 Å². The molecule has 0 bridgehead atoms. The first kappa shape index (κ1) is 17.8. The Bertz CT molecular complexity index is 628. The maximum atomic E-state index is 12.4. The summed E-state index contributed by atoms with van der Waals surface area (Å²) in [5.41, 5.74) is 0.0659. The second kappa shape index (κ2) is 7.82. The van der Waals surface area contributed by atoms with E-state index in [2.05, 4.69) is 16.7 Å². The lowest BCUT2D eigenvalue weighted by molar-refractivity contribution is -0.123. The Balaban J connectivity index is 2.08. The Kier molecular flexibility index (Phi) is 5.80. The van der Waals surface area contributed by atoms with Crippen LogP contribution in [0.15, 0.2) is 24.3 Å². The highest BCUT2D eigenvalue weighted by molar-refractivity contribution is 5.80. The van der Waals surface area contributed by atoms with E-state index >= 15 is 0 Å². The van der Waals surface area contributed by atoms with Gasteiger partial charge in [-0.05, 0) is 43.4 Å². The monoisotopic (exact) mass is 329 g/mol. The number of nitriles is 1. The Morgan fingerprint density at radius 3 is 2.42 bits per heavy atom. The van der Waals surface area contributed by atoms with Crippen LogP contribution >= 0.6 is 0 Å². The number of ether oxygens (including phenoxy) is 1. The summed E-state index contributed by atoms with van der Waals surface area (Å²) in [6.07, 6.45) is 3.35. The molecular weight excluding hydrogens is 306 g/mol. The highest BCUT2D eigenvalue weighted by atomic mass is 16.5. The molecule has 1 atom stereocenters. The number of methoxy groups -OCH3 is 1. The topological polar surface area (TPSA) is 91.2 Å². The first-order valence-electron chi connectivity index (χ1n) is 8.11. The zero-order valence-corrected chi connectivity index (χ0v) is 14.1. The standard InChI is InChI=1S/C18H23N3O3/c1-13(22)20-16(14-5-7-15(24-2)8-6-14)11-17(23)21-18(12-19)9-3-4-10-18/h5-8,16H,3-4,9-11H2,1-2H3,(H,20,22)(H,21,23). The van der Waals surface area contributed by atoms with Gasteiger partial charge in [-0.1, -0.05) is 12.1 Å². The van der Waals surface area contributed by atoms with Crippen molar-refractivity contribution in [1.82, 2.24) is 10.6 Å². The third-order valence-corrected chi connectivity index (χ3v) is 4.34. The second-order valence-electron chi connectivity index (χ2n) is 6.18. The molecule has 1 unspecified atom stereocenters. The molecule has 128 valence electrons. The van der Waals surface area contributed by atoms with Crippen molar-refractivity contribution in [2.24, 2.45) is 0 Å². The summed E-state index contributed by atoms with van der Waals surface area (Å²) >= 11 is 0. The summed E-state index contributed by atoms with van der Waals surface area (Å²) < 4.78 is 5.12. The SMILES string of the molecule is COc1ccc(C(CC(=O)NC2(C#N)CCCC2)NC(C)=O)cc1. The van der Waals surface area contributed by atoms with Crippen LogP contribution < -0.4 is 15.4 Å². The summed E-state index contributed by atoms with van der Waals surface area (Å²) in [6.45, 7) is 1.42. The minimum absolute atomic E-state index is 0.0926. The number of hydrogen-bond donors (Lipinski definition) is 2. The number of nitrogens with zero attached hydrogens (tertiary/aromatic N) is 1. The van der Waals surface area contributed by atoms with E-state index in [1.54, 1.807) is 19.2 Å². The predicted octanol–water partition coefficient (Wildman–Crippen LogP) is 2.22. The van der Waals surface area contributed by atoms with Crippen molar-refractivity contribution in [3.8, 4) is 11.8 Å². The number of rotatable bonds is 6. The van der Waals surface area contributed by atoms with Gasteiger partial charge in [-0.15, -0.1) is 0 Å². The zero-order valence-electron chi connectivity index (χ0n) is 14.1. The van der Waals surface area contributed by atoms with Gasteiger partial charge in [-0.25, -0.2) is 0 Å². The Morgan fingerprint density at radius 2 is 1.92 bits per heavy atom. The maximum absolute atomic E-state index is 12.4. The highest BCUT2D eigenvalue weighted by Gasteiger charge is 2.35. The maximum Gasteiger partial charge on any atom is 0.223 e. The molecule has 1 aromatic carbocycles. The van der Waals surface area contributed by atoms with Gasteiger partial charge in [-0.3, -0.25) is 9.59 Å². The summed E-state index contributed by atoms with van der Waals surface area (Å²) in [4.78, 5) is 23.9. The second-order valence-corrected chi connectivity index (χ2v) is 6.18. The zero-order chi connectivity index (χ0) is 17.6. The molecule has 0 saturated heterocycles. The van der Waals surface area contributed by atoms with E-state index in [1.165, 1.54) is 6.92 Å². The molecule has 0 radical (unpaired) electrons. The molecule has 1 saturated carbocycles. The fraction of sp³-hybridized carbons (Fsp3) is 0.500. The van der Waals surface area contributed by atoms with Gasteiger partial charge in [0.25, 0.3) is 0 Å². The van der Waals surface area contributed by atoms with Gasteiger partial charge in [0.1, 0.15) is 11.3 Å². The molecule has 6 nitrogen and oxygen atoms in total. The largest absolute Gasteiger partial charge is 0.497 e. The van der Waals surface area contributed by atoms with Gasteiger partial charge >= 0.3 is 0 Å². The highest BCUT2D eigenvalue weighted by Crippen LogP contribution is 2.29. The first-order chi connectivity index (χ1) is 11.5. The minimum atomic E-state index is -0.752. The molecule has 0 aliphatic heterocycles. The number of amides is 2. The molecule has 1 aliphatic carbocycles. The molecule has 1 aliphatic rings. The average Bonchev–Trinajstić information content (AvgIpc) is 3.03. The van der Waals surface area contributed by atoms with Crippen LogP contribution in [0.4, 0.5) is 0 Å². The van der Waals surface area contributed by atoms with Gasteiger partial charge < -0.3 is 15.4 Å². The van der Waals surface area contributed by atoms with Crippen molar-refractivity contribution >= 4 is 11.8 Å². The summed E-state index contributed by atoms with van der Waals surface area (Å²) in [5.74, 6) is 0.270. The van der Waals surface area contributed by atoms with E-state index in [0.717, 1.165) is 18.4 Å². The van der Waals surface area contributed by atoms with Crippen LogP contribution in [-0.4, -0.2) is 24.5 Å². The molecule has 6 heteroatoms. The molecule has 24 heavy (non-hydrogen) atoms. The number of nitrogens with one attached hydrogen (secondary N) is 2. The molecule has 1 fully saturated rings. The molecule has 2 rings (SSSR count). The van der Waals surface area contributed by atoms with Crippen molar-refractivity contribution < 1.29 is 14.3 Å². The minimum Gasteiger partial charge on any atom is -0.497 e. The fourth-order valence-electron chi connectivity index (χ4n) is 3.08. The van der Waals surface area contributed by atoms with Crippen LogP contribution in [0.5, 0.6) is 5.75 Å². The number of benzene rings is 1.